The Bertz CT molecular complexity index is 528. The smallest absolute Gasteiger partial charge is 0.253 e. The summed E-state index contributed by atoms with van der Waals surface area (Å²) in [5.41, 5.74) is 1.96. The van der Waals surface area contributed by atoms with Gasteiger partial charge in [0.15, 0.2) is 0 Å². The van der Waals surface area contributed by atoms with Crippen molar-refractivity contribution >= 4 is 11.6 Å². The van der Waals surface area contributed by atoms with E-state index in [9.17, 15) is 4.79 Å². The van der Waals surface area contributed by atoms with E-state index in [4.69, 9.17) is 4.74 Å². The van der Waals surface area contributed by atoms with Crippen molar-refractivity contribution in [1.82, 2.24) is 9.80 Å². The van der Waals surface area contributed by atoms with Gasteiger partial charge in [0.2, 0.25) is 0 Å². The van der Waals surface area contributed by atoms with Crippen molar-refractivity contribution in [2.75, 3.05) is 57.4 Å². The Balaban J connectivity index is 1.66. The van der Waals surface area contributed by atoms with Crippen LogP contribution in [0.1, 0.15) is 24.2 Å². The molecule has 1 atom stereocenters. The van der Waals surface area contributed by atoms with Crippen LogP contribution < -0.4 is 4.90 Å². The van der Waals surface area contributed by atoms with E-state index >= 15 is 0 Å². The van der Waals surface area contributed by atoms with Crippen LogP contribution in [0.5, 0.6) is 0 Å². The van der Waals surface area contributed by atoms with Crippen LogP contribution in [0.3, 0.4) is 0 Å². The number of nitrogens with zero attached hydrogens (tertiary/aromatic N) is 3. The number of anilines is 1. The number of fused-ring (bicyclic) bond motifs is 1. The Morgan fingerprint density at radius 1 is 1.17 bits per heavy atom. The van der Waals surface area contributed by atoms with Gasteiger partial charge in [-0.15, -0.1) is 0 Å². The van der Waals surface area contributed by atoms with E-state index < -0.39 is 0 Å². The summed E-state index contributed by atoms with van der Waals surface area (Å²) in [6.45, 7) is 11.3. The zero-order valence-corrected chi connectivity index (χ0v) is 14.2. The molecule has 2 saturated heterocycles. The van der Waals surface area contributed by atoms with Gasteiger partial charge in [-0.25, -0.2) is 0 Å². The molecule has 2 heterocycles. The van der Waals surface area contributed by atoms with Gasteiger partial charge in [-0.05, 0) is 38.1 Å². The number of benzene rings is 1. The number of carbonyl (C=O) groups is 1. The van der Waals surface area contributed by atoms with Crippen LogP contribution in [0.25, 0.3) is 0 Å². The van der Waals surface area contributed by atoms with Crippen molar-refractivity contribution in [3.63, 3.8) is 0 Å². The summed E-state index contributed by atoms with van der Waals surface area (Å²) in [7, 11) is 0. The Morgan fingerprint density at radius 2 is 1.91 bits per heavy atom. The van der Waals surface area contributed by atoms with Crippen molar-refractivity contribution in [3.05, 3.63) is 29.8 Å². The minimum absolute atomic E-state index is 0.140. The number of ether oxygens (including phenoxy) is 1. The predicted octanol–water partition coefficient (Wildman–Crippen LogP) is 1.69. The molecule has 126 valence electrons. The van der Waals surface area contributed by atoms with Gasteiger partial charge in [0.1, 0.15) is 0 Å². The lowest BCUT2D eigenvalue weighted by molar-refractivity contribution is -0.0394. The molecule has 1 unspecified atom stereocenters. The monoisotopic (exact) mass is 317 g/mol. The third-order valence-electron chi connectivity index (χ3n) is 4.97. The van der Waals surface area contributed by atoms with E-state index in [0.29, 0.717) is 6.04 Å². The molecule has 5 nitrogen and oxygen atoms in total. The van der Waals surface area contributed by atoms with Crippen LogP contribution in [-0.2, 0) is 4.74 Å². The largest absolute Gasteiger partial charge is 0.378 e. The quantitative estimate of drug-likeness (QED) is 0.847. The summed E-state index contributed by atoms with van der Waals surface area (Å²) >= 11 is 0. The number of carbonyl (C=O) groups excluding carboxylic acids is 1. The Labute approximate surface area is 138 Å². The molecular formula is C18H27N3O2. The zero-order valence-electron chi connectivity index (χ0n) is 14.2. The van der Waals surface area contributed by atoms with Crippen molar-refractivity contribution < 1.29 is 9.53 Å². The Kier molecular flexibility index (Phi) is 5.18. The molecular weight excluding hydrogens is 290 g/mol. The van der Waals surface area contributed by atoms with Gasteiger partial charge in [-0.2, -0.15) is 0 Å². The molecule has 2 aliphatic rings. The normalized spacial score (nSPS) is 21.8. The lowest BCUT2D eigenvalue weighted by Gasteiger charge is -2.43. The molecule has 3 rings (SSSR count). The second kappa shape index (κ2) is 7.32. The molecule has 0 aromatic heterocycles. The van der Waals surface area contributed by atoms with Crippen LogP contribution in [0.15, 0.2) is 24.3 Å². The second-order valence-electron chi connectivity index (χ2n) is 6.24. The highest BCUT2D eigenvalue weighted by atomic mass is 16.5. The van der Waals surface area contributed by atoms with E-state index in [0.717, 1.165) is 58.0 Å². The van der Waals surface area contributed by atoms with E-state index in [1.807, 2.05) is 17.0 Å². The van der Waals surface area contributed by atoms with Gasteiger partial charge in [0.25, 0.3) is 5.91 Å². The first kappa shape index (κ1) is 16.3. The SMILES string of the molecule is CCN(CC)c1ccc(C(=O)N2CCN3CCOCC3C2)cc1. The molecule has 1 aromatic carbocycles. The number of morpholine rings is 1. The Hall–Kier alpha value is -1.59. The minimum Gasteiger partial charge on any atom is -0.378 e. The highest BCUT2D eigenvalue weighted by Crippen LogP contribution is 2.19. The van der Waals surface area contributed by atoms with Gasteiger partial charge >= 0.3 is 0 Å². The first-order valence-corrected chi connectivity index (χ1v) is 8.69. The molecule has 1 aromatic rings. The highest BCUT2D eigenvalue weighted by molar-refractivity contribution is 5.94. The molecule has 2 fully saturated rings. The van der Waals surface area contributed by atoms with Crippen LogP contribution in [0, 0.1) is 0 Å². The summed E-state index contributed by atoms with van der Waals surface area (Å²) < 4.78 is 5.55. The van der Waals surface area contributed by atoms with Crippen LogP contribution in [-0.4, -0.2) is 74.2 Å². The summed E-state index contributed by atoms with van der Waals surface area (Å²) in [4.78, 5) is 19.4. The number of amides is 1. The van der Waals surface area contributed by atoms with E-state index in [2.05, 4.69) is 35.8 Å². The van der Waals surface area contributed by atoms with Gasteiger partial charge in [0, 0.05) is 50.5 Å². The molecule has 0 saturated carbocycles. The number of rotatable bonds is 4. The fourth-order valence-electron chi connectivity index (χ4n) is 3.52. The van der Waals surface area contributed by atoms with Crippen molar-refractivity contribution in [2.24, 2.45) is 0 Å². The number of hydrogen-bond acceptors (Lipinski definition) is 4. The fraction of sp³-hybridized carbons (Fsp3) is 0.611. The average Bonchev–Trinajstić information content (AvgIpc) is 2.62. The van der Waals surface area contributed by atoms with Crippen LogP contribution in [0.4, 0.5) is 5.69 Å². The average molecular weight is 317 g/mol. The van der Waals surface area contributed by atoms with Crippen LogP contribution in [0.2, 0.25) is 0 Å². The topological polar surface area (TPSA) is 36.0 Å². The lowest BCUT2D eigenvalue weighted by Crippen LogP contribution is -2.59. The van der Waals surface area contributed by atoms with Crippen LogP contribution >= 0.6 is 0 Å². The molecule has 23 heavy (non-hydrogen) atoms. The van der Waals surface area contributed by atoms with Crippen molar-refractivity contribution in [2.45, 2.75) is 19.9 Å². The van der Waals surface area contributed by atoms with Gasteiger partial charge in [-0.3, -0.25) is 9.69 Å². The van der Waals surface area contributed by atoms with Gasteiger partial charge < -0.3 is 14.5 Å². The first-order chi connectivity index (χ1) is 11.2. The number of hydrogen-bond donors (Lipinski definition) is 0. The summed E-state index contributed by atoms with van der Waals surface area (Å²) in [6, 6.07) is 8.39. The minimum atomic E-state index is 0.140. The van der Waals surface area contributed by atoms with Gasteiger partial charge in [0.05, 0.1) is 19.3 Å². The predicted molar refractivity (Wildman–Crippen MR) is 92.1 cm³/mol. The van der Waals surface area contributed by atoms with Crippen molar-refractivity contribution in [3.8, 4) is 0 Å². The van der Waals surface area contributed by atoms with E-state index in [-0.39, 0.29) is 5.91 Å². The third-order valence-corrected chi connectivity index (χ3v) is 4.97. The second-order valence-corrected chi connectivity index (χ2v) is 6.24. The summed E-state index contributed by atoms with van der Waals surface area (Å²) in [6.07, 6.45) is 0. The van der Waals surface area contributed by atoms with E-state index in [1.54, 1.807) is 0 Å². The first-order valence-electron chi connectivity index (χ1n) is 8.69. The number of piperazine rings is 1. The molecule has 1 amide bonds. The molecule has 0 bridgehead atoms. The lowest BCUT2D eigenvalue weighted by atomic mass is 10.1. The zero-order chi connectivity index (χ0) is 16.2. The summed E-state index contributed by atoms with van der Waals surface area (Å²) in [5, 5.41) is 0. The molecule has 0 aliphatic carbocycles. The van der Waals surface area contributed by atoms with Crippen molar-refractivity contribution in [1.29, 1.82) is 0 Å². The molecule has 2 aliphatic heterocycles. The third kappa shape index (κ3) is 3.51. The van der Waals surface area contributed by atoms with Gasteiger partial charge in [-0.1, -0.05) is 0 Å². The molecule has 0 spiro atoms. The van der Waals surface area contributed by atoms with E-state index in [1.165, 1.54) is 5.69 Å². The standard InChI is InChI=1S/C18H27N3O2/c1-3-19(4-2)16-7-5-15(6-8-16)18(22)21-10-9-20-11-12-23-14-17(20)13-21/h5-8,17H,3-4,9-14H2,1-2H3. The maximum absolute atomic E-state index is 12.7. The molecule has 0 N–H and O–H groups in total. The fourth-order valence-corrected chi connectivity index (χ4v) is 3.52. The summed E-state index contributed by atoms with van der Waals surface area (Å²) in [5.74, 6) is 0.140. The maximum Gasteiger partial charge on any atom is 0.253 e. The molecule has 5 heteroatoms. The Morgan fingerprint density at radius 3 is 2.61 bits per heavy atom. The maximum atomic E-state index is 12.7. The molecule has 0 radical (unpaired) electrons. The highest BCUT2D eigenvalue weighted by Gasteiger charge is 2.31.